The number of carbonyl (C=O) groups excluding carboxylic acids is 2. The summed E-state index contributed by atoms with van der Waals surface area (Å²) in [6, 6.07) is 3.89. The number of carbonyl (C=O) groups is 2. The van der Waals surface area contributed by atoms with Crippen LogP contribution in [0.1, 0.15) is 17.3 Å². The van der Waals surface area contributed by atoms with Crippen molar-refractivity contribution in [1.29, 1.82) is 0 Å². The minimum atomic E-state index is -0.653. The molecule has 1 aliphatic heterocycles. The normalized spacial score (nSPS) is 15.3. The number of aromatic nitrogens is 1. The Bertz CT molecular complexity index is 813. The lowest BCUT2D eigenvalue weighted by Crippen LogP contribution is -2.54. The minimum absolute atomic E-state index is 0.159. The van der Waals surface area contributed by atoms with Gasteiger partial charge in [-0.2, -0.15) is 0 Å². The highest BCUT2D eigenvalue weighted by Gasteiger charge is 2.27. The molecule has 2 aromatic heterocycles. The fourth-order valence-electron chi connectivity index (χ4n) is 2.87. The van der Waals surface area contributed by atoms with Gasteiger partial charge in [-0.3, -0.25) is 9.59 Å². The number of hydrogen-bond acceptors (Lipinski definition) is 7. The van der Waals surface area contributed by atoms with Crippen LogP contribution in [0, 0.1) is 10.1 Å². The van der Waals surface area contributed by atoms with Crippen LogP contribution in [0.15, 0.2) is 41.3 Å². The number of pyridine rings is 1. The average Bonchev–Trinajstić information content (AvgIpc) is 3.22. The van der Waals surface area contributed by atoms with Crippen LogP contribution in [-0.4, -0.2) is 58.8 Å². The third-order valence-corrected chi connectivity index (χ3v) is 4.38. The summed E-state index contributed by atoms with van der Waals surface area (Å²) >= 11 is 0. The van der Waals surface area contributed by atoms with Crippen LogP contribution >= 0.6 is 0 Å². The Labute approximate surface area is 154 Å². The molecule has 27 heavy (non-hydrogen) atoms. The van der Waals surface area contributed by atoms with Crippen LogP contribution in [0.4, 0.5) is 11.5 Å². The van der Waals surface area contributed by atoms with Gasteiger partial charge < -0.3 is 29.6 Å². The summed E-state index contributed by atoms with van der Waals surface area (Å²) in [5, 5.41) is 13.3. The molecule has 0 spiro atoms. The van der Waals surface area contributed by atoms with Crippen LogP contribution < -0.4 is 10.2 Å². The maximum Gasteiger partial charge on any atom is 0.363 e. The number of hydrogen-bond donors (Lipinski definition) is 1. The van der Waals surface area contributed by atoms with E-state index in [2.05, 4.69) is 10.3 Å². The summed E-state index contributed by atoms with van der Waals surface area (Å²) in [7, 11) is 0. The van der Waals surface area contributed by atoms with Gasteiger partial charge in [0.2, 0.25) is 5.91 Å². The predicted molar refractivity (Wildman–Crippen MR) is 95.3 cm³/mol. The van der Waals surface area contributed by atoms with Gasteiger partial charge in [0.25, 0.3) is 5.91 Å². The number of nitrogens with one attached hydrogen (secondary N) is 1. The predicted octanol–water partition coefficient (Wildman–Crippen LogP) is 1.05. The standard InChI is InChI=1S/C17H19N5O5/c1-12(19-16(23)13-4-9-27-11-13)17(24)21-7-5-20(6-8-21)14-2-3-15(18-10-14)22(25)26/h2-4,9-12H,5-8H2,1H3,(H,19,23)/t12-/m1/s1. The van der Waals surface area contributed by atoms with Crippen molar-refractivity contribution in [2.75, 3.05) is 31.1 Å². The Morgan fingerprint density at radius 3 is 2.56 bits per heavy atom. The molecule has 1 saturated heterocycles. The van der Waals surface area contributed by atoms with E-state index in [0.29, 0.717) is 31.7 Å². The second kappa shape index (κ2) is 7.85. The first kappa shape index (κ1) is 18.4. The summed E-state index contributed by atoms with van der Waals surface area (Å²) in [4.78, 5) is 42.2. The molecule has 1 N–H and O–H groups in total. The first-order valence-corrected chi connectivity index (χ1v) is 8.43. The second-order valence-electron chi connectivity index (χ2n) is 6.15. The molecular weight excluding hydrogens is 354 g/mol. The van der Waals surface area contributed by atoms with Gasteiger partial charge in [-0.1, -0.05) is 0 Å². The van der Waals surface area contributed by atoms with E-state index in [0.717, 1.165) is 5.69 Å². The number of nitro groups is 1. The fourth-order valence-corrected chi connectivity index (χ4v) is 2.87. The third-order valence-electron chi connectivity index (χ3n) is 4.38. The van der Waals surface area contributed by atoms with Gasteiger partial charge in [-0.25, -0.2) is 0 Å². The van der Waals surface area contributed by atoms with Crippen molar-refractivity contribution < 1.29 is 18.9 Å². The maximum atomic E-state index is 12.5. The number of nitrogens with zero attached hydrogens (tertiary/aromatic N) is 4. The zero-order valence-corrected chi connectivity index (χ0v) is 14.7. The quantitative estimate of drug-likeness (QED) is 0.614. The summed E-state index contributed by atoms with van der Waals surface area (Å²) in [6.07, 6.45) is 4.18. The molecule has 1 fully saturated rings. The fraction of sp³-hybridized carbons (Fsp3) is 0.353. The van der Waals surface area contributed by atoms with Crippen molar-refractivity contribution in [3.05, 3.63) is 52.6 Å². The van der Waals surface area contributed by atoms with E-state index in [-0.39, 0.29) is 17.6 Å². The highest BCUT2D eigenvalue weighted by Crippen LogP contribution is 2.18. The van der Waals surface area contributed by atoms with Crippen LogP contribution in [0.25, 0.3) is 0 Å². The number of rotatable bonds is 5. The number of amides is 2. The Morgan fingerprint density at radius 2 is 2.00 bits per heavy atom. The molecule has 3 heterocycles. The zero-order valence-electron chi connectivity index (χ0n) is 14.7. The van der Waals surface area contributed by atoms with Gasteiger partial charge in [0.05, 0.1) is 17.5 Å². The highest BCUT2D eigenvalue weighted by atomic mass is 16.6. The maximum absolute atomic E-state index is 12.5. The molecule has 0 radical (unpaired) electrons. The topological polar surface area (TPSA) is 122 Å². The molecular formula is C17H19N5O5. The van der Waals surface area contributed by atoms with Crippen molar-refractivity contribution in [3.63, 3.8) is 0 Å². The Hall–Kier alpha value is -3.43. The SMILES string of the molecule is C[C@@H](NC(=O)c1ccoc1)C(=O)N1CCN(c2ccc([N+](=O)[O-])nc2)CC1. The van der Waals surface area contributed by atoms with Crippen LogP contribution in [-0.2, 0) is 4.79 Å². The Kier molecular flexibility index (Phi) is 5.34. The van der Waals surface area contributed by atoms with Gasteiger partial charge in [0.1, 0.15) is 12.3 Å². The second-order valence-corrected chi connectivity index (χ2v) is 6.15. The molecule has 3 rings (SSSR count). The Balaban J connectivity index is 1.52. The largest absolute Gasteiger partial charge is 0.472 e. The molecule has 2 amide bonds. The molecule has 1 atom stereocenters. The van der Waals surface area contributed by atoms with Crippen molar-refractivity contribution in [2.24, 2.45) is 0 Å². The van der Waals surface area contributed by atoms with E-state index in [1.54, 1.807) is 17.9 Å². The van der Waals surface area contributed by atoms with Gasteiger partial charge >= 0.3 is 5.82 Å². The molecule has 10 heteroatoms. The van der Waals surface area contributed by atoms with E-state index in [4.69, 9.17) is 4.42 Å². The van der Waals surface area contributed by atoms with Crippen molar-refractivity contribution in [1.82, 2.24) is 15.2 Å². The van der Waals surface area contributed by atoms with Crippen molar-refractivity contribution in [3.8, 4) is 0 Å². The summed E-state index contributed by atoms with van der Waals surface area (Å²) < 4.78 is 4.86. The van der Waals surface area contributed by atoms with Crippen LogP contribution in [0.5, 0.6) is 0 Å². The third kappa shape index (κ3) is 4.22. The number of piperazine rings is 1. The van der Waals surface area contributed by atoms with Gasteiger partial charge in [-0.05, 0) is 29.0 Å². The smallest absolute Gasteiger partial charge is 0.363 e. The molecule has 0 unspecified atom stereocenters. The lowest BCUT2D eigenvalue weighted by molar-refractivity contribution is -0.389. The van der Waals surface area contributed by atoms with Crippen LogP contribution in [0.3, 0.4) is 0 Å². The average molecular weight is 373 g/mol. The first-order chi connectivity index (χ1) is 13.0. The molecule has 10 nitrogen and oxygen atoms in total. The first-order valence-electron chi connectivity index (χ1n) is 8.43. The van der Waals surface area contributed by atoms with E-state index in [1.807, 2.05) is 4.90 Å². The highest BCUT2D eigenvalue weighted by molar-refractivity contribution is 5.97. The molecule has 0 saturated carbocycles. The van der Waals surface area contributed by atoms with E-state index in [9.17, 15) is 19.7 Å². The number of furan rings is 1. The lowest BCUT2D eigenvalue weighted by Gasteiger charge is -2.36. The van der Waals surface area contributed by atoms with Gasteiger partial charge in [0.15, 0.2) is 6.20 Å². The summed E-state index contributed by atoms with van der Waals surface area (Å²) in [5.41, 5.74) is 1.14. The zero-order chi connectivity index (χ0) is 19.4. The van der Waals surface area contributed by atoms with Crippen LogP contribution in [0.2, 0.25) is 0 Å². The van der Waals surface area contributed by atoms with E-state index in [1.165, 1.54) is 30.9 Å². The van der Waals surface area contributed by atoms with Gasteiger partial charge in [0, 0.05) is 32.2 Å². The molecule has 142 valence electrons. The van der Waals surface area contributed by atoms with Gasteiger partial charge in [-0.15, -0.1) is 0 Å². The molecule has 0 bridgehead atoms. The molecule has 0 aliphatic carbocycles. The molecule has 0 aromatic carbocycles. The minimum Gasteiger partial charge on any atom is -0.472 e. The summed E-state index contributed by atoms with van der Waals surface area (Å²) in [6.45, 7) is 3.78. The monoisotopic (exact) mass is 373 g/mol. The van der Waals surface area contributed by atoms with E-state index >= 15 is 0 Å². The van der Waals surface area contributed by atoms with Crippen molar-refractivity contribution >= 4 is 23.3 Å². The molecule has 2 aromatic rings. The van der Waals surface area contributed by atoms with Crippen molar-refractivity contribution in [2.45, 2.75) is 13.0 Å². The summed E-state index contributed by atoms with van der Waals surface area (Å²) in [5.74, 6) is -0.719. The van der Waals surface area contributed by atoms with E-state index < -0.39 is 11.0 Å². The number of anilines is 1. The lowest BCUT2D eigenvalue weighted by atomic mass is 10.2. The molecule has 1 aliphatic rings. The Morgan fingerprint density at radius 1 is 1.26 bits per heavy atom.